The lowest BCUT2D eigenvalue weighted by molar-refractivity contribution is -0.0618. The number of aliphatic imine (C=N–C) groups is 1. The Morgan fingerprint density at radius 2 is 1.88 bits per heavy atom. The standard InChI is InChI=1S/C15H21Cl2N3O3S2.ClH/c1-8(2)19-14-20(9(3)4)15(21,7-24-14)10-5-11(16)13(17)12(6-10)25(18,22)23;/h5-6,8-9,21H,7H2,1-4H3,(H2,18,22,23);1H. The van der Waals surface area contributed by atoms with Gasteiger partial charge in [0.05, 0.1) is 15.8 Å². The fourth-order valence-electron chi connectivity index (χ4n) is 2.66. The predicted molar refractivity (Wildman–Crippen MR) is 111 cm³/mol. The smallest absolute Gasteiger partial charge is 0.239 e. The Kier molecular flexibility index (Phi) is 7.72. The summed E-state index contributed by atoms with van der Waals surface area (Å²) in [5, 5.41) is 17.1. The fourth-order valence-corrected chi connectivity index (χ4v) is 5.44. The molecule has 1 fully saturated rings. The molecule has 0 saturated carbocycles. The summed E-state index contributed by atoms with van der Waals surface area (Å²) in [5.74, 6) is 0.277. The topological polar surface area (TPSA) is 96.0 Å². The fraction of sp³-hybridized carbons (Fsp3) is 0.533. The first-order valence-electron chi connectivity index (χ1n) is 7.62. The molecule has 0 radical (unpaired) electrons. The molecule has 148 valence electrons. The van der Waals surface area contributed by atoms with Gasteiger partial charge in [0, 0.05) is 17.6 Å². The average Bonchev–Trinajstić information content (AvgIpc) is 2.77. The van der Waals surface area contributed by atoms with E-state index >= 15 is 0 Å². The van der Waals surface area contributed by atoms with Crippen LogP contribution < -0.4 is 5.14 Å². The minimum atomic E-state index is -4.09. The van der Waals surface area contributed by atoms with Crippen molar-refractivity contribution >= 4 is 62.6 Å². The van der Waals surface area contributed by atoms with Crippen molar-refractivity contribution in [3.63, 3.8) is 0 Å². The van der Waals surface area contributed by atoms with Crippen LogP contribution in [-0.2, 0) is 15.7 Å². The molecule has 1 aliphatic heterocycles. The Labute approximate surface area is 174 Å². The monoisotopic (exact) mass is 461 g/mol. The summed E-state index contributed by atoms with van der Waals surface area (Å²) in [7, 11) is -4.09. The highest BCUT2D eigenvalue weighted by Gasteiger charge is 2.46. The van der Waals surface area contributed by atoms with Gasteiger partial charge in [-0.25, -0.2) is 13.6 Å². The molecule has 1 aromatic carbocycles. The van der Waals surface area contributed by atoms with Crippen molar-refractivity contribution in [3.05, 3.63) is 27.7 Å². The molecule has 0 aromatic heterocycles. The lowest BCUT2D eigenvalue weighted by Gasteiger charge is -2.38. The lowest BCUT2D eigenvalue weighted by Crippen LogP contribution is -2.49. The van der Waals surface area contributed by atoms with Gasteiger partial charge in [-0.15, -0.1) is 12.4 Å². The number of hydrogen-bond donors (Lipinski definition) is 2. The van der Waals surface area contributed by atoms with Gasteiger partial charge in [0.2, 0.25) is 10.0 Å². The number of rotatable bonds is 4. The highest BCUT2D eigenvalue weighted by atomic mass is 35.5. The molecule has 1 saturated heterocycles. The molecule has 0 bridgehead atoms. The molecule has 1 aliphatic rings. The second-order valence-electron chi connectivity index (χ2n) is 6.39. The van der Waals surface area contributed by atoms with E-state index in [9.17, 15) is 13.5 Å². The predicted octanol–water partition coefficient (Wildman–Crippen LogP) is 3.43. The largest absolute Gasteiger partial charge is 0.366 e. The summed E-state index contributed by atoms with van der Waals surface area (Å²) in [6.07, 6.45) is 0. The molecule has 6 nitrogen and oxygen atoms in total. The Morgan fingerprint density at radius 3 is 2.35 bits per heavy atom. The van der Waals surface area contributed by atoms with Crippen LogP contribution in [0.1, 0.15) is 33.3 Å². The molecule has 0 spiro atoms. The minimum Gasteiger partial charge on any atom is -0.366 e. The van der Waals surface area contributed by atoms with Gasteiger partial charge in [-0.1, -0.05) is 35.0 Å². The minimum absolute atomic E-state index is 0. The number of thioether (sulfide) groups is 1. The number of halogens is 3. The zero-order valence-corrected chi connectivity index (χ0v) is 18.7. The molecule has 2 rings (SSSR count). The summed E-state index contributed by atoms with van der Waals surface area (Å²) in [4.78, 5) is 6.00. The van der Waals surface area contributed by atoms with Crippen LogP contribution in [0.3, 0.4) is 0 Å². The van der Waals surface area contributed by atoms with E-state index in [0.717, 1.165) is 0 Å². The van der Waals surface area contributed by atoms with Crippen molar-refractivity contribution < 1.29 is 13.5 Å². The van der Waals surface area contributed by atoms with E-state index < -0.39 is 15.7 Å². The SMILES string of the molecule is CC(C)N=C1SCC(O)(c2cc(Cl)c(Cl)c(S(N)(=O)=O)c2)N1C(C)C.Cl. The van der Waals surface area contributed by atoms with Gasteiger partial charge in [-0.3, -0.25) is 4.99 Å². The second-order valence-corrected chi connectivity index (χ2v) is 9.65. The number of amidine groups is 1. The summed E-state index contributed by atoms with van der Waals surface area (Å²) in [6, 6.07) is 2.72. The van der Waals surface area contributed by atoms with Crippen LogP contribution in [0.15, 0.2) is 22.0 Å². The van der Waals surface area contributed by atoms with E-state index in [4.69, 9.17) is 28.3 Å². The van der Waals surface area contributed by atoms with E-state index in [2.05, 4.69) is 4.99 Å². The van der Waals surface area contributed by atoms with Crippen molar-refractivity contribution in [1.29, 1.82) is 0 Å². The quantitative estimate of drug-likeness (QED) is 0.714. The normalized spacial score (nSPS) is 22.4. The first kappa shape index (κ1) is 23.8. The third-order valence-corrected chi connectivity index (χ3v) is 6.61. The van der Waals surface area contributed by atoms with Crippen molar-refractivity contribution in [1.82, 2.24) is 4.90 Å². The van der Waals surface area contributed by atoms with Crippen LogP contribution in [0.5, 0.6) is 0 Å². The van der Waals surface area contributed by atoms with Crippen LogP contribution in [0.2, 0.25) is 10.0 Å². The highest BCUT2D eigenvalue weighted by molar-refractivity contribution is 8.14. The Balaban J connectivity index is 0.00000338. The zero-order chi connectivity index (χ0) is 19.2. The van der Waals surface area contributed by atoms with E-state index in [-0.39, 0.29) is 45.2 Å². The molecular weight excluding hydrogens is 441 g/mol. The molecule has 11 heteroatoms. The summed E-state index contributed by atoms with van der Waals surface area (Å²) in [6.45, 7) is 7.74. The van der Waals surface area contributed by atoms with Gasteiger partial charge in [-0.2, -0.15) is 0 Å². The van der Waals surface area contributed by atoms with E-state index in [1.165, 1.54) is 23.9 Å². The summed E-state index contributed by atoms with van der Waals surface area (Å²) >= 11 is 13.5. The number of benzene rings is 1. The van der Waals surface area contributed by atoms with Crippen molar-refractivity contribution in [2.24, 2.45) is 10.1 Å². The first-order chi connectivity index (χ1) is 11.4. The van der Waals surface area contributed by atoms with Crippen LogP contribution in [0.4, 0.5) is 0 Å². The van der Waals surface area contributed by atoms with Crippen LogP contribution in [0.25, 0.3) is 0 Å². The summed E-state index contributed by atoms with van der Waals surface area (Å²) in [5.41, 5.74) is -1.17. The van der Waals surface area contributed by atoms with Crippen LogP contribution in [-0.4, -0.2) is 41.4 Å². The average molecular weight is 463 g/mol. The maximum Gasteiger partial charge on any atom is 0.239 e. The Morgan fingerprint density at radius 1 is 1.31 bits per heavy atom. The number of hydrogen-bond acceptors (Lipinski definition) is 5. The molecule has 1 aromatic rings. The van der Waals surface area contributed by atoms with Crippen molar-refractivity contribution in [2.75, 3.05) is 5.75 Å². The van der Waals surface area contributed by atoms with Gasteiger partial charge in [0.25, 0.3) is 0 Å². The van der Waals surface area contributed by atoms with Gasteiger partial charge < -0.3 is 10.0 Å². The Hall–Kier alpha value is -0.220. The maximum atomic E-state index is 11.8. The number of nitrogens with two attached hydrogens (primary N) is 1. The van der Waals surface area contributed by atoms with E-state index in [1.807, 2.05) is 27.7 Å². The molecule has 0 aliphatic carbocycles. The number of nitrogens with zero attached hydrogens (tertiary/aromatic N) is 2. The Bertz CT molecular complexity index is 816. The molecule has 26 heavy (non-hydrogen) atoms. The van der Waals surface area contributed by atoms with Gasteiger partial charge in [0.15, 0.2) is 10.9 Å². The van der Waals surface area contributed by atoms with Crippen molar-refractivity contribution in [2.45, 2.75) is 50.4 Å². The van der Waals surface area contributed by atoms with Crippen LogP contribution in [0, 0.1) is 0 Å². The third kappa shape index (κ3) is 4.60. The van der Waals surface area contributed by atoms with Gasteiger partial charge in [-0.05, 0) is 39.8 Å². The first-order valence-corrected chi connectivity index (χ1v) is 10.9. The van der Waals surface area contributed by atoms with Gasteiger partial charge in [0.1, 0.15) is 4.90 Å². The molecule has 1 unspecified atom stereocenters. The molecule has 1 atom stereocenters. The third-order valence-electron chi connectivity index (χ3n) is 3.66. The second kappa shape index (κ2) is 8.43. The van der Waals surface area contributed by atoms with Gasteiger partial charge >= 0.3 is 0 Å². The highest BCUT2D eigenvalue weighted by Crippen LogP contribution is 2.43. The zero-order valence-electron chi connectivity index (χ0n) is 14.7. The summed E-state index contributed by atoms with van der Waals surface area (Å²) < 4.78 is 23.6. The molecular formula is C15H22Cl3N3O3S2. The van der Waals surface area contributed by atoms with Crippen molar-refractivity contribution in [3.8, 4) is 0 Å². The lowest BCUT2D eigenvalue weighted by atomic mass is 10.0. The molecule has 0 amide bonds. The maximum absolute atomic E-state index is 11.8. The molecule has 3 N–H and O–H groups in total. The number of primary sulfonamides is 1. The molecule has 1 heterocycles. The van der Waals surface area contributed by atoms with E-state index in [1.54, 1.807) is 4.90 Å². The number of sulfonamides is 1. The van der Waals surface area contributed by atoms with Crippen LogP contribution >= 0.6 is 47.4 Å². The van der Waals surface area contributed by atoms with E-state index in [0.29, 0.717) is 10.7 Å². The number of aliphatic hydroxyl groups is 1.